The highest BCUT2D eigenvalue weighted by Crippen LogP contribution is 2.35. The lowest BCUT2D eigenvalue weighted by atomic mass is 9.87. The second-order valence-electron chi connectivity index (χ2n) is 5.11. The second kappa shape index (κ2) is 4.96. The number of aromatic nitrogens is 1. The highest BCUT2D eigenvalue weighted by atomic mass is 16.3. The molecule has 1 heterocycles. The van der Waals surface area contributed by atoms with E-state index in [1.807, 2.05) is 12.1 Å². The van der Waals surface area contributed by atoms with Gasteiger partial charge in [-0.25, -0.2) is 4.98 Å². The number of nitrogens with zero attached hydrogens (tertiary/aromatic N) is 1. The maximum atomic E-state index is 9.41. The lowest BCUT2D eigenvalue weighted by Crippen LogP contribution is -2.12. The minimum Gasteiger partial charge on any atom is -0.508 e. The molecular weight excluding hydrogens is 250 g/mol. The van der Waals surface area contributed by atoms with Crippen molar-refractivity contribution in [3.8, 4) is 17.0 Å². The molecule has 0 amide bonds. The largest absolute Gasteiger partial charge is 0.508 e. The summed E-state index contributed by atoms with van der Waals surface area (Å²) in [7, 11) is 0. The van der Waals surface area contributed by atoms with E-state index in [0.29, 0.717) is 11.4 Å². The number of rotatable bonds is 2. The standard InChI is InChI=1S/C16H17N3O/c17-9-14-15(18)12-3-1-2-4-13(12)16(19-14)10-5-7-11(20)8-6-10/h5-9,17,20H,1-4,18H2. The van der Waals surface area contributed by atoms with Gasteiger partial charge in [-0.05, 0) is 61.1 Å². The van der Waals surface area contributed by atoms with Gasteiger partial charge in [-0.2, -0.15) is 0 Å². The Morgan fingerprint density at radius 1 is 1.10 bits per heavy atom. The average molecular weight is 267 g/mol. The first kappa shape index (κ1) is 12.7. The molecule has 102 valence electrons. The molecule has 1 aromatic heterocycles. The Balaban J connectivity index is 2.24. The molecule has 0 unspecified atom stereocenters. The summed E-state index contributed by atoms with van der Waals surface area (Å²) in [5, 5.41) is 16.9. The first-order valence-electron chi connectivity index (χ1n) is 6.82. The van der Waals surface area contributed by atoms with Crippen LogP contribution >= 0.6 is 0 Å². The molecule has 0 atom stereocenters. The fourth-order valence-corrected chi connectivity index (χ4v) is 2.83. The smallest absolute Gasteiger partial charge is 0.115 e. The summed E-state index contributed by atoms with van der Waals surface area (Å²) in [5.41, 5.74) is 11.5. The summed E-state index contributed by atoms with van der Waals surface area (Å²) < 4.78 is 0. The molecule has 4 N–H and O–H groups in total. The zero-order valence-electron chi connectivity index (χ0n) is 11.2. The van der Waals surface area contributed by atoms with Crippen molar-refractivity contribution in [3.05, 3.63) is 41.1 Å². The van der Waals surface area contributed by atoms with Crippen molar-refractivity contribution in [3.63, 3.8) is 0 Å². The normalized spacial score (nSPS) is 13.8. The lowest BCUT2D eigenvalue weighted by molar-refractivity contribution is 0.475. The number of phenols is 1. The first-order valence-corrected chi connectivity index (χ1v) is 6.82. The predicted octanol–water partition coefficient (Wildman–Crippen LogP) is 2.91. The molecule has 0 bridgehead atoms. The van der Waals surface area contributed by atoms with E-state index in [9.17, 15) is 5.11 Å². The number of hydrogen-bond donors (Lipinski definition) is 3. The van der Waals surface area contributed by atoms with Crippen molar-refractivity contribution in [2.24, 2.45) is 0 Å². The predicted molar refractivity (Wildman–Crippen MR) is 80.3 cm³/mol. The van der Waals surface area contributed by atoms with Crippen LogP contribution in [0.25, 0.3) is 11.3 Å². The number of aromatic hydroxyl groups is 1. The zero-order chi connectivity index (χ0) is 14.1. The van der Waals surface area contributed by atoms with Gasteiger partial charge in [-0.1, -0.05) is 0 Å². The second-order valence-corrected chi connectivity index (χ2v) is 5.11. The van der Waals surface area contributed by atoms with E-state index < -0.39 is 0 Å². The quantitative estimate of drug-likeness (QED) is 0.731. The van der Waals surface area contributed by atoms with E-state index in [4.69, 9.17) is 11.1 Å². The minimum atomic E-state index is 0.241. The number of nitrogen functional groups attached to an aromatic ring is 1. The topological polar surface area (TPSA) is 83.0 Å². The van der Waals surface area contributed by atoms with Crippen LogP contribution in [0, 0.1) is 5.41 Å². The Kier molecular flexibility index (Phi) is 3.14. The van der Waals surface area contributed by atoms with Gasteiger partial charge in [0.25, 0.3) is 0 Å². The van der Waals surface area contributed by atoms with Crippen LogP contribution in [-0.2, 0) is 12.8 Å². The van der Waals surface area contributed by atoms with Crippen LogP contribution in [0.1, 0.15) is 29.7 Å². The Morgan fingerprint density at radius 2 is 1.75 bits per heavy atom. The SMILES string of the molecule is N=Cc1nc(-c2ccc(O)cc2)c2c(c1N)CCCC2. The van der Waals surface area contributed by atoms with Crippen LogP contribution in [0.4, 0.5) is 5.69 Å². The van der Waals surface area contributed by atoms with Gasteiger partial charge in [0, 0.05) is 11.8 Å². The van der Waals surface area contributed by atoms with Crippen molar-refractivity contribution in [1.29, 1.82) is 5.41 Å². The third kappa shape index (κ3) is 2.03. The van der Waals surface area contributed by atoms with Crippen molar-refractivity contribution < 1.29 is 5.11 Å². The molecule has 1 aliphatic rings. The zero-order valence-corrected chi connectivity index (χ0v) is 11.2. The summed E-state index contributed by atoms with van der Waals surface area (Å²) in [6.45, 7) is 0. The molecule has 0 radical (unpaired) electrons. The third-order valence-corrected chi connectivity index (χ3v) is 3.86. The van der Waals surface area contributed by atoms with Gasteiger partial charge < -0.3 is 16.2 Å². The molecule has 0 aliphatic heterocycles. The molecule has 0 fully saturated rings. The van der Waals surface area contributed by atoms with Crippen LogP contribution in [0.3, 0.4) is 0 Å². The number of nitrogens with one attached hydrogen (secondary N) is 1. The number of nitrogens with two attached hydrogens (primary N) is 1. The number of pyridine rings is 1. The van der Waals surface area contributed by atoms with Gasteiger partial charge in [0.15, 0.2) is 0 Å². The van der Waals surface area contributed by atoms with Gasteiger partial charge in [-0.15, -0.1) is 0 Å². The number of hydrogen-bond acceptors (Lipinski definition) is 4. The number of anilines is 1. The van der Waals surface area contributed by atoms with E-state index >= 15 is 0 Å². The molecule has 0 saturated heterocycles. The Labute approximate surface area is 117 Å². The first-order chi connectivity index (χ1) is 9.70. The fraction of sp³-hybridized carbons (Fsp3) is 0.250. The summed E-state index contributed by atoms with van der Waals surface area (Å²) in [6.07, 6.45) is 5.42. The summed E-state index contributed by atoms with van der Waals surface area (Å²) in [4.78, 5) is 4.55. The molecule has 0 saturated carbocycles. The monoisotopic (exact) mass is 267 g/mol. The molecule has 0 spiro atoms. The average Bonchev–Trinajstić information content (AvgIpc) is 2.49. The van der Waals surface area contributed by atoms with Gasteiger partial charge >= 0.3 is 0 Å². The summed E-state index contributed by atoms with van der Waals surface area (Å²) in [6, 6.07) is 7.03. The summed E-state index contributed by atoms with van der Waals surface area (Å²) >= 11 is 0. The maximum absolute atomic E-state index is 9.41. The molecule has 1 aliphatic carbocycles. The van der Waals surface area contributed by atoms with Gasteiger partial charge in [-0.3, -0.25) is 0 Å². The minimum absolute atomic E-state index is 0.241. The van der Waals surface area contributed by atoms with Crippen molar-refractivity contribution in [1.82, 2.24) is 4.98 Å². The Bertz CT molecular complexity index is 662. The number of fused-ring (bicyclic) bond motifs is 1. The molecule has 4 nitrogen and oxygen atoms in total. The lowest BCUT2D eigenvalue weighted by Gasteiger charge is -2.22. The maximum Gasteiger partial charge on any atom is 0.115 e. The van der Waals surface area contributed by atoms with Crippen LogP contribution in [-0.4, -0.2) is 16.3 Å². The fourth-order valence-electron chi connectivity index (χ4n) is 2.83. The van der Waals surface area contributed by atoms with E-state index in [1.54, 1.807) is 12.1 Å². The molecular formula is C16H17N3O. The van der Waals surface area contributed by atoms with Crippen LogP contribution < -0.4 is 5.73 Å². The Morgan fingerprint density at radius 3 is 2.40 bits per heavy atom. The summed E-state index contributed by atoms with van der Waals surface area (Å²) in [5.74, 6) is 0.241. The van der Waals surface area contributed by atoms with Crippen molar-refractivity contribution in [2.75, 3.05) is 5.73 Å². The van der Waals surface area contributed by atoms with Crippen LogP contribution in [0.15, 0.2) is 24.3 Å². The van der Waals surface area contributed by atoms with E-state index in [2.05, 4.69) is 4.98 Å². The van der Waals surface area contributed by atoms with Gasteiger partial charge in [0.05, 0.1) is 11.4 Å². The van der Waals surface area contributed by atoms with Crippen molar-refractivity contribution >= 4 is 11.9 Å². The molecule has 4 heteroatoms. The third-order valence-electron chi connectivity index (χ3n) is 3.86. The number of benzene rings is 1. The van der Waals surface area contributed by atoms with Gasteiger partial charge in [0.2, 0.25) is 0 Å². The Hall–Kier alpha value is -2.36. The highest BCUT2D eigenvalue weighted by Gasteiger charge is 2.20. The van der Waals surface area contributed by atoms with E-state index in [0.717, 1.165) is 42.5 Å². The number of phenolic OH excluding ortho intramolecular Hbond substituents is 1. The molecule has 20 heavy (non-hydrogen) atoms. The van der Waals surface area contributed by atoms with Crippen molar-refractivity contribution in [2.45, 2.75) is 25.7 Å². The van der Waals surface area contributed by atoms with Gasteiger partial charge in [0.1, 0.15) is 11.4 Å². The van der Waals surface area contributed by atoms with Crippen LogP contribution in [0.5, 0.6) is 5.75 Å². The highest BCUT2D eigenvalue weighted by molar-refractivity contribution is 5.86. The van der Waals surface area contributed by atoms with Crippen LogP contribution in [0.2, 0.25) is 0 Å². The molecule has 1 aromatic carbocycles. The van der Waals surface area contributed by atoms with E-state index in [-0.39, 0.29) is 5.75 Å². The molecule has 3 rings (SSSR count). The van der Waals surface area contributed by atoms with E-state index in [1.165, 1.54) is 11.8 Å². The molecule has 2 aromatic rings.